The van der Waals surface area contributed by atoms with E-state index in [-0.39, 0.29) is 11.8 Å². The van der Waals surface area contributed by atoms with Crippen molar-refractivity contribution in [2.24, 2.45) is 0 Å². The molecule has 24 heavy (non-hydrogen) atoms. The topological polar surface area (TPSA) is 75.3 Å². The van der Waals surface area contributed by atoms with Crippen molar-refractivity contribution in [1.29, 1.82) is 0 Å². The van der Waals surface area contributed by atoms with Crippen molar-refractivity contribution in [3.8, 4) is 0 Å². The van der Waals surface area contributed by atoms with E-state index in [1.54, 1.807) is 25.1 Å². The molecule has 2 aromatic rings. The third kappa shape index (κ3) is 4.83. The van der Waals surface area contributed by atoms with Crippen LogP contribution >= 0.6 is 0 Å². The summed E-state index contributed by atoms with van der Waals surface area (Å²) in [5.74, 6) is -0.0487. The molecule has 0 unspecified atom stereocenters. The lowest BCUT2D eigenvalue weighted by Crippen LogP contribution is -2.21. The first kappa shape index (κ1) is 18.0. The Bertz CT molecular complexity index is 874. The van der Waals surface area contributed by atoms with Crippen LogP contribution in [0.15, 0.2) is 36.4 Å². The maximum Gasteiger partial charge on any atom is 0.323 e. The smallest absolute Gasteiger partial charge is 0.307 e. The molecule has 2 aromatic carbocycles. The molecule has 2 N–H and O–H groups in total. The molecule has 0 saturated carbocycles. The molecule has 6 heteroatoms. The number of aryl methyl sites for hydroxylation is 2. The van der Waals surface area contributed by atoms with Crippen molar-refractivity contribution in [2.45, 2.75) is 26.5 Å². The van der Waals surface area contributed by atoms with Gasteiger partial charge in [0.1, 0.15) is 0 Å². The van der Waals surface area contributed by atoms with Crippen LogP contribution in [0.2, 0.25) is 0 Å². The van der Waals surface area contributed by atoms with Crippen molar-refractivity contribution in [2.75, 3.05) is 16.9 Å². The average Bonchev–Trinajstić information content (AvgIpc) is 2.46. The Hall–Kier alpha value is -2.34. The quantitative estimate of drug-likeness (QED) is 0.884. The molecule has 0 radical (unpaired) electrons. The molecule has 0 atom stereocenters. The van der Waals surface area contributed by atoms with Gasteiger partial charge >= 0.3 is 6.03 Å². The molecule has 2 amide bonds. The number of benzene rings is 2. The number of anilines is 2. The van der Waals surface area contributed by atoms with Crippen molar-refractivity contribution >= 4 is 27.2 Å². The predicted molar refractivity (Wildman–Crippen MR) is 98.3 cm³/mol. The summed E-state index contributed by atoms with van der Waals surface area (Å²) in [6.07, 6.45) is 1.19. The molecule has 0 fully saturated rings. The van der Waals surface area contributed by atoms with Gasteiger partial charge < -0.3 is 10.6 Å². The van der Waals surface area contributed by atoms with Crippen molar-refractivity contribution in [3.05, 3.63) is 58.7 Å². The minimum Gasteiger partial charge on any atom is -0.307 e. The summed E-state index contributed by atoms with van der Waals surface area (Å²) in [6, 6.07) is 10.7. The van der Waals surface area contributed by atoms with Crippen LogP contribution in [0.1, 0.15) is 22.3 Å². The fourth-order valence-corrected chi connectivity index (χ4v) is 3.28. The van der Waals surface area contributed by atoms with Crippen molar-refractivity contribution in [3.63, 3.8) is 0 Å². The molecular formula is C18H22N2O3S. The van der Waals surface area contributed by atoms with E-state index in [1.807, 2.05) is 32.0 Å². The molecule has 0 aliphatic heterocycles. The molecule has 5 nitrogen and oxygen atoms in total. The van der Waals surface area contributed by atoms with Gasteiger partial charge in [-0.15, -0.1) is 0 Å². The second kappa shape index (κ2) is 7.05. The van der Waals surface area contributed by atoms with Gasteiger partial charge in [0.2, 0.25) is 0 Å². The lowest BCUT2D eigenvalue weighted by atomic mass is 10.1. The second-order valence-corrected chi connectivity index (χ2v) is 8.20. The fourth-order valence-electron chi connectivity index (χ4n) is 2.40. The number of rotatable bonds is 4. The van der Waals surface area contributed by atoms with Crippen LogP contribution in [0, 0.1) is 20.8 Å². The highest BCUT2D eigenvalue weighted by atomic mass is 32.2. The highest BCUT2D eigenvalue weighted by Crippen LogP contribution is 2.22. The summed E-state index contributed by atoms with van der Waals surface area (Å²) < 4.78 is 23.0. The van der Waals surface area contributed by atoms with Gasteiger partial charge in [0.25, 0.3) is 0 Å². The Kier molecular flexibility index (Phi) is 5.29. The minimum atomic E-state index is -3.13. The molecular weight excluding hydrogens is 324 g/mol. The highest BCUT2D eigenvalue weighted by Gasteiger charge is 2.12. The lowest BCUT2D eigenvalue weighted by Gasteiger charge is -2.14. The van der Waals surface area contributed by atoms with E-state index in [2.05, 4.69) is 10.6 Å². The Morgan fingerprint density at radius 3 is 2.33 bits per heavy atom. The first-order chi connectivity index (χ1) is 11.2. The number of carbonyl (C=O) groups excluding carboxylic acids is 1. The van der Waals surface area contributed by atoms with E-state index in [1.165, 1.54) is 6.26 Å². The van der Waals surface area contributed by atoms with Crippen LogP contribution in [-0.2, 0) is 15.6 Å². The molecule has 0 aliphatic carbocycles. The molecule has 0 heterocycles. The molecule has 0 spiro atoms. The zero-order valence-corrected chi connectivity index (χ0v) is 15.1. The van der Waals surface area contributed by atoms with Crippen LogP contribution in [-0.4, -0.2) is 20.7 Å². The molecule has 0 saturated heterocycles. The maximum atomic E-state index is 12.3. The number of urea groups is 1. The summed E-state index contributed by atoms with van der Waals surface area (Å²) >= 11 is 0. The number of nitrogens with one attached hydrogen (secondary N) is 2. The van der Waals surface area contributed by atoms with Crippen molar-refractivity contribution < 1.29 is 13.2 Å². The molecule has 0 bridgehead atoms. The Morgan fingerprint density at radius 1 is 1.00 bits per heavy atom. The van der Waals surface area contributed by atoms with Gasteiger partial charge in [-0.2, -0.15) is 0 Å². The van der Waals surface area contributed by atoms with E-state index < -0.39 is 9.84 Å². The zero-order valence-electron chi connectivity index (χ0n) is 14.3. The van der Waals surface area contributed by atoms with E-state index >= 15 is 0 Å². The number of sulfone groups is 1. The van der Waals surface area contributed by atoms with E-state index in [4.69, 9.17) is 0 Å². The van der Waals surface area contributed by atoms with Crippen LogP contribution in [0.3, 0.4) is 0 Å². The van der Waals surface area contributed by atoms with Crippen LogP contribution < -0.4 is 10.6 Å². The summed E-state index contributed by atoms with van der Waals surface area (Å²) in [7, 11) is -3.13. The van der Waals surface area contributed by atoms with Gasteiger partial charge in [0.15, 0.2) is 9.84 Å². The normalized spacial score (nSPS) is 11.2. The van der Waals surface area contributed by atoms with Gasteiger partial charge in [0, 0.05) is 17.6 Å². The van der Waals surface area contributed by atoms with Gasteiger partial charge in [-0.05, 0) is 55.2 Å². The van der Waals surface area contributed by atoms with E-state index in [0.29, 0.717) is 11.3 Å². The first-order valence-corrected chi connectivity index (χ1v) is 9.63. The number of amides is 2. The standard InChI is InChI=1S/C18H22N2O3S/c1-12-8-9-13(2)17(10-12)20-18(21)19-16-7-5-6-15(14(16)3)11-24(4,22)23/h5-10H,11H2,1-4H3,(H2,19,20,21). The summed E-state index contributed by atoms with van der Waals surface area (Å²) in [5, 5.41) is 5.61. The Balaban J connectivity index is 2.17. The summed E-state index contributed by atoms with van der Waals surface area (Å²) in [5.41, 5.74) is 4.80. The van der Waals surface area contributed by atoms with Gasteiger partial charge in [-0.1, -0.05) is 24.3 Å². The third-order valence-corrected chi connectivity index (χ3v) is 4.59. The Morgan fingerprint density at radius 2 is 1.67 bits per heavy atom. The largest absolute Gasteiger partial charge is 0.323 e. The van der Waals surface area contributed by atoms with Gasteiger partial charge in [0.05, 0.1) is 5.75 Å². The van der Waals surface area contributed by atoms with Crippen molar-refractivity contribution in [1.82, 2.24) is 0 Å². The SMILES string of the molecule is Cc1ccc(C)c(NC(=O)Nc2cccc(CS(C)(=O)=O)c2C)c1. The van der Waals surface area contributed by atoms with Gasteiger partial charge in [-0.3, -0.25) is 0 Å². The molecule has 0 aromatic heterocycles. The second-order valence-electron chi connectivity index (χ2n) is 6.06. The van der Waals surface area contributed by atoms with Crippen LogP contribution in [0.4, 0.5) is 16.2 Å². The average molecular weight is 346 g/mol. The molecule has 0 aliphatic rings. The highest BCUT2D eigenvalue weighted by molar-refractivity contribution is 7.89. The predicted octanol–water partition coefficient (Wildman–Crippen LogP) is 3.80. The monoisotopic (exact) mass is 346 g/mol. The zero-order chi connectivity index (χ0) is 17.9. The molecule has 128 valence electrons. The Labute approximate surface area is 143 Å². The number of hydrogen-bond donors (Lipinski definition) is 2. The van der Waals surface area contributed by atoms with E-state index in [9.17, 15) is 13.2 Å². The third-order valence-electron chi connectivity index (χ3n) is 3.75. The molecule has 2 rings (SSSR count). The number of carbonyl (C=O) groups is 1. The van der Waals surface area contributed by atoms with Crippen LogP contribution in [0.25, 0.3) is 0 Å². The summed E-state index contributed by atoms with van der Waals surface area (Å²) in [6.45, 7) is 5.68. The fraction of sp³-hybridized carbons (Fsp3) is 0.278. The maximum absolute atomic E-state index is 12.3. The lowest BCUT2D eigenvalue weighted by molar-refractivity contribution is 0.262. The van der Waals surface area contributed by atoms with E-state index in [0.717, 1.165) is 22.4 Å². The summed E-state index contributed by atoms with van der Waals surface area (Å²) in [4.78, 5) is 12.3. The number of hydrogen-bond acceptors (Lipinski definition) is 3. The van der Waals surface area contributed by atoms with Gasteiger partial charge in [-0.25, -0.2) is 13.2 Å². The minimum absolute atomic E-state index is 0.0487. The van der Waals surface area contributed by atoms with Crippen LogP contribution in [0.5, 0.6) is 0 Å². The first-order valence-electron chi connectivity index (χ1n) is 7.57.